The summed E-state index contributed by atoms with van der Waals surface area (Å²) >= 11 is 5.82. The van der Waals surface area contributed by atoms with E-state index in [1.165, 1.54) is 4.90 Å². The zero-order valence-electron chi connectivity index (χ0n) is 14.0. The van der Waals surface area contributed by atoms with Gasteiger partial charge in [0.2, 0.25) is 0 Å². The van der Waals surface area contributed by atoms with Gasteiger partial charge in [-0.25, -0.2) is 0 Å². The molecule has 0 aliphatic carbocycles. The first-order chi connectivity index (χ1) is 12.1. The van der Waals surface area contributed by atoms with E-state index in [0.29, 0.717) is 17.3 Å². The van der Waals surface area contributed by atoms with Crippen LogP contribution in [0, 0.1) is 0 Å². The smallest absolute Gasteiger partial charge is 0.325 e. The van der Waals surface area contributed by atoms with Gasteiger partial charge in [-0.15, -0.1) is 0 Å². The predicted octanol–water partition coefficient (Wildman–Crippen LogP) is 3.31. The van der Waals surface area contributed by atoms with Crippen molar-refractivity contribution in [3.05, 3.63) is 65.2 Å². The van der Waals surface area contributed by atoms with Crippen molar-refractivity contribution in [1.29, 1.82) is 0 Å². The van der Waals surface area contributed by atoms with Crippen LogP contribution in [0.2, 0.25) is 5.02 Å². The van der Waals surface area contributed by atoms with Gasteiger partial charge in [-0.3, -0.25) is 9.59 Å². The first kappa shape index (κ1) is 18.8. The van der Waals surface area contributed by atoms with Gasteiger partial charge in [0.1, 0.15) is 12.3 Å². The fourth-order valence-electron chi connectivity index (χ4n) is 2.17. The number of esters is 1. The molecule has 0 radical (unpaired) electrons. The van der Waals surface area contributed by atoms with E-state index in [9.17, 15) is 9.59 Å². The summed E-state index contributed by atoms with van der Waals surface area (Å²) < 4.78 is 10.4. The summed E-state index contributed by atoms with van der Waals surface area (Å²) in [6.07, 6.45) is 0. The topological polar surface area (TPSA) is 55.8 Å². The van der Waals surface area contributed by atoms with Crippen LogP contribution >= 0.6 is 11.6 Å². The number of hydrogen-bond donors (Lipinski definition) is 0. The molecule has 0 aliphatic heterocycles. The zero-order valence-corrected chi connectivity index (χ0v) is 14.7. The fourth-order valence-corrected chi connectivity index (χ4v) is 2.29. The van der Waals surface area contributed by atoms with E-state index in [-0.39, 0.29) is 25.7 Å². The molecule has 25 heavy (non-hydrogen) atoms. The second-order valence-electron chi connectivity index (χ2n) is 5.28. The predicted molar refractivity (Wildman–Crippen MR) is 95.4 cm³/mol. The van der Waals surface area contributed by atoms with Crippen LogP contribution in [0.1, 0.15) is 12.5 Å². The second-order valence-corrected chi connectivity index (χ2v) is 5.72. The maximum Gasteiger partial charge on any atom is 0.325 e. The van der Waals surface area contributed by atoms with Gasteiger partial charge < -0.3 is 14.4 Å². The van der Waals surface area contributed by atoms with Crippen molar-refractivity contribution in [3.8, 4) is 5.75 Å². The number of ether oxygens (including phenoxy) is 2. The molecule has 132 valence electrons. The van der Waals surface area contributed by atoms with Crippen LogP contribution in [-0.2, 0) is 20.9 Å². The Morgan fingerprint density at radius 3 is 2.36 bits per heavy atom. The minimum absolute atomic E-state index is 0.119. The molecule has 2 rings (SSSR count). The Morgan fingerprint density at radius 2 is 1.72 bits per heavy atom. The van der Waals surface area contributed by atoms with E-state index < -0.39 is 5.97 Å². The van der Waals surface area contributed by atoms with Crippen molar-refractivity contribution in [2.75, 3.05) is 19.8 Å². The largest absolute Gasteiger partial charge is 0.484 e. The van der Waals surface area contributed by atoms with Gasteiger partial charge in [-0.2, -0.15) is 0 Å². The van der Waals surface area contributed by atoms with Crippen molar-refractivity contribution in [3.63, 3.8) is 0 Å². The third-order valence-corrected chi connectivity index (χ3v) is 3.62. The first-order valence-corrected chi connectivity index (χ1v) is 8.32. The van der Waals surface area contributed by atoms with Crippen LogP contribution in [0.25, 0.3) is 0 Å². The van der Waals surface area contributed by atoms with Gasteiger partial charge in [0.15, 0.2) is 6.61 Å². The lowest BCUT2D eigenvalue weighted by molar-refractivity contribution is -0.149. The summed E-state index contributed by atoms with van der Waals surface area (Å²) in [6, 6.07) is 16.2. The number of hydrogen-bond acceptors (Lipinski definition) is 4. The molecule has 0 aliphatic rings. The van der Waals surface area contributed by atoms with Crippen molar-refractivity contribution < 1.29 is 19.1 Å². The Kier molecular flexibility index (Phi) is 7.29. The van der Waals surface area contributed by atoms with E-state index in [2.05, 4.69) is 0 Å². The zero-order chi connectivity index (χ0) is 18.1. The third-order valence-electron chi connectivity index (χ3n) is 3.37. The molecular formula is C19H20ClNO4. The molecule has 0 bridgehead atoms. The lowest BCUT2D eigenvalue weighted by Gasteiger charge is -2.22. The third kappa shape index (κ3) is 6.47. The van der Waals surface area contributed by atoms with Gasteiger partial charge in [0.05, 0.1) is 6.61 Å². The maximum atomic E-state index is 12.5. The molecule has 5 nitrogen and oxygen atoms in total. The summed E-state index contributed by atoms with van der Waals surface area (Å²) in [7, 11) is 0. The molecule has 1 amide bonds. The molecule has 0 saturated carbocycles. The standard InChI is InChI=1S/C19H20ClNO4/c1-2-24-19(23)13-21(12-15-6-4-3-5-7-15)18(22)14-25-17-10-8-16(20)9-11-17/h3-11H,2,12-14H2,1H3. The molecular weight excluding hydrogens is 342 g/mol. The van der Waals surface area contributed by atoms with Gasteiger partial charge >= 0.3 is 5.97 Å². The Morgan fingerprint density at radius 1 is 1.04 bits per heavy atom. The molecule has 6 heteroatoms. The van der Waals surface area contributed by atoms with E-state index in [1.54, 1.807) is 31.2 Å². The number of benzene rings is 2. The second kappa shape index (κ2) is 9.69. The quantitative estimate of drug-likeness (QED) is 0.677. The molecule has 0 N–H and O–H groups in total. The first-order valence-electron chi connectivity index (χ1n) is 7.94. The molecule has 0 saturated heterocycles. The number of amides is 1. The van der Waals surface area contributed by atoms with Crippen molar-refractivity contribution >= 4 is 23.5 Å². The SMILES string of the molecule is CCOC(=O)CN(Cc1ccccc1)C(=O)COc1ccc(Cl)cc1. The number of nitrogens with zero attached hydrogens (tertiary/aromatic N) is 1. The Bertz CT molecular complexity index is 688. The highest BCUT2D eigenvalue weighted by Gasteiger charge is 2.19. The van der Waals surface area contributed by atoms with E-state index in [0.717, 1.165) is 5.56 Å². The van der Waals surface area contributed by atoms with E-state index in [1.807, 2.05) is 30.3 Å². The van der Waals surface area contributed by atoms with Gasteiger partial charge in [-0.1, -0.05) is 41.9 Å². The maximum absolute atomic E-state index is 12.5. The summed E-state index contributed by atoms with van der Waals surface area (Å²) in [4.78, 5) is 25.7. The monoisotopic (exact) mass is 361 g/mol. The summed E-state index contributed by atoms with van der Waals surface area (Å²) in [5, 5.41) is 0.590. The van der Waals surface area contributed by atoms with Gasteiger partial charge in [0.25, 0.3) is 5.91 Å². The molecule has 0 heterocycles. The van der Waals surface area contributed by atoms with Gasteiger partial charge in [-0.05, 0) is 36.8 Å². The van der Waals surface area contributed by atoms with Crippen LogP contribution in [0.3, 0.4) is 0 Å². The summed E-state index contributed by atoms with van der Waals surface area (Å²) in [5.74, 6) is -0.210. The van der Waals surface area contributed by atoms with Crippen LogP contribution in [-0.4, -0.2) is 36.5 Å². The van der Waals surface area contributed by atoms with Crippen molar-refractivity contribution in [2.24, 2.45) is 0 Å². The number of carbonyl (C=O) groups is 2. The molecule has 2 aromatic rings. The van der Waals surface area contributed by atoms with E-state index >= 15 is 0 Å². The summed E-state index contributed by atoms with van der Waals surface area (Å²) in [6.45, 7) is 2.01. The van der Waals surface area contributed by atoms with Crippen molar-refractivity contribution in [2.45, 2.75) is 13.5 Å². The minimum atomic E-state index is -0.446. The lowest BCUT2D eigenvalue weighted by atomic mass is 10.2. The number of carbonyl (C=O) groups excluding carboxylic acids is 2. The summed E-state index contributed by atoms with van der Waals surface area (Å²) in [5.41, 5.74) is 0.923. The van der Waals surface area contributed by atoms with Crippen LogP contribution < -0.4 is 4.74 Å². The average Bonchev–Trinajstić information content (AvgIpc) is 2.61. The molecule has 0 aromatic heterocycles. The fraction of sp³-hybridized carbons (Fsp3) is 0.263. The highest BCUT2D eigenvalue weighted by Crippen LogP contribution is 2.15. The Balaban J connectivity index is 2.00. The number of rotatable bonds is 8. The van der Waals surface area contributed by atoms with E-state index in [4.69, 9.17) is 21.1 Å². The minimum Gasteiger partial charge on any atom is -0.484 e. The highest BCUT2D eigenvalue weighted by atomic mass is 35.5. The Hall–Kier alpha value is -2.53. The Labute approximate surface area is 152 Å². The highest BCUT2D eigenvalue weighted by molar-refractivity contribution is 6.30. The molecule has 0 fully saturated rings. The molecule has 0 unspecified atom stereocenters. The molecule has 0 atom stereocenters. The normalized spacial score (nSPS) is 10.2. The number of halogens is 1. The van der Waals surface area contributed by atoms with Crippen LogP contribution in [0.4, 0.5) is 0 Å². The van der Waals surface area contributed by atoms with Gasteiger partial charge in [0, 0.05) is 11.6 Å². The van der Waals surface area contributed by atoms with Crippen LogP contribution in [0.15, 0.2) is 54.6 Å². The lowest BCUT2D eigenvalue weighted by Crippen LogP contribution is -2.38. The molecule has 2 aromatic carbocycles. The van der Waals surface area contributed by atoms with Crippen molar-refractivity contribution in [1.82, 2.24) is 4.90 Å². The average molecular weight is 362 g/mol. The van der Waals surface area contributed by atoms with Crippen LogP contribution in [0.5, 0.6) is 5.75 Å². The molecule has 0 spiro atoms.